The molecule has 4 nitrogen and oxygen atoms in total. The number of benzene rings is 1. The largest absolute Gasteiger partial charge is 0.486 e. The first-order valence-electron chi connectivity index (χ1n) is 7.53. The number of hydrogen-bond donors (Lipinski definition) is 0. The SMILES string of the molecule is CC[C@@]1(C)OC(=S)C(OC(C)C)=C1c1ccc(S(C)(=O)=O)cc1. The van der Waals surface area contributed by atoms with E-state index in [9.17, 15) is 8.42 Å². The van der Waals surface area contributed by atoms with Gasteiger partial charge in [-0.25, -0.2) is 8.42 Å². The summed E-state index contributed by atoms with van der Waals surface area (Å²) in [6.45, 7) is 7.85. The van der Waals surface area contributed by atoms with Crippen LogP contribution in [0.1, 0.15) is 39.7 Å². The van der Waals surface area contributed by atoms with Crippen LogP contribution in [0.2, 0.25) is 0 Å². The molecule has 1 heterocycles. The normalized spacial score (nSPS) is 21.7. The fourth-order valence-corrected chi connectivity index (χ4v) is 3.51. The molecule has 0 radical (unpaired) electrons. The standard InChI is InChI=1S/C17H22O4S2/c1-6-17(4)14(15(16(22)21-17)20-11(2)3)12-7-9-13(10-8-12)23(5,18)19/h7-11H,6H2,1-5H3/t17-/m1/s1. The van der Waals surface area contributed by atoms with Crippen molar-refractivity contribution in [3.63, 3.8) is 0 Å². The average Bonchev–Trinajstić information content (AvgIpc) is 2.69. The lowest BCUT2D eigenvalue weighted by molar-refractivity contribution is 0.141. The summed E-state index contributed by atoms with van der Waals surface area (Å²) in [5, 5.41) is 0.352. The minimum atomic E-state index is -3.23. The zero-order valence-corrected chi connectivity index (χ0v) is 15.7. The monoisotopic (exact) mass is 354 g/mol. The maximum atomic E-state index is 11.6. The molecule has 1 aliphatic heterocycles. The minimum Gasteiger partial charge on any atom is -0.486 e. The van der Waals surface area contributed by atoms with Crippen LogP contribution in [0, 0.1) is 0 Å². The summed E-state index contributed by atoms with van der Waals surface area (Å²) >= 11 is 5.34. The molecule has 0 N–H and O–H groups in total. The van der Waals surface area contributed by atoms with Gasteiger partial charge in [-0.15, -0.1) is 0 Å². The van der Waals surface area contributed by atoms with E-state index in [4.69, 9.17) is 21.7 Å². The smallest absolute Gasteiger partial charge is 0.228 e. The Morgan fingerprint density at radius 3 is 2.26 bits per heavy atom. The van der Waals surface area contributed by atoms with Crippen molar-refractivity contribution >= 4 is 32.7 Å². The van der Waals surface area contributed by atoms with Gasteiger partial charge < -0.3 is 9.47 Å². The summed E-state index contributed by atoms with van der Waals surface area (Å²) < 4.78 is 35.0. The Bertz CT molecular complexity index is 745. The van der Waals surface area contributed by atoms with Crippen molar-refractivity contribution in [2.45, 2.75) is 50.7 Å². The van der Waals surface area contributed by atoms with Crippen molar-refractivity contribution in [3.05, 3.63) is 35.6 Å². The van der Waals surface area contributed by atoms with Gasteiger partial charge in [0, 0.05) is 11.8 Å². The van der Waals surface area contributed by atoms with Gasteiger partial charge in [0.15, 0.2) is 15.6 Å². The second-order valence-electron chi connectivity index (χ2n) is 6.14. The highest BCUT2D eigenvalue weighted by Crippen LogP contribution is 2.43. The maximum Gasteiger partial charge on any atom is 0.228 e. The molecule has 0 saturated carbocycles. The summed E-state index contributed by atoms with van der Waals surface area (Å²) in [5.41, 5.74) is 1.16. The van der Waals surface area contributed by atoms with Gasteiger partial charge in [0.25, 0.3) is 0 Å². The van der Waals surface area contributed by atoms with Crippen LogP contribution in [0.25, 0.3) is 5.57 Å². The molecule has 0 aromatic heterocycles. The first-order valence-corrected chi connectivity index (χ1v) is 9.83. The van der Waals surface area contributed by atoms with Crippen LogP contribution in [-0.2, 0) is 19.3 Å². The molecule has 23 heavy (non-hydrogen) atoms. The minimum absolute atomic E-state index is 0.0314. The predicted molar refractivity (Wildman–Crippen MR) is 95.1 cm³/mol. The van der Waals surface area contributed by atoms with Gasteiger partial charge >= 0.3 is 0 Å². The van der Waals surface area contributed by atoms with Crippen molar-refractivity contribution in [2.75, 3.05) is 6.26 Å². The van der Waals surface area contributed by atoms with E-state index in [0.29, 0.717) is 10.8 Å². The highest BCUT2D eigenvalue weighted by Gasteiger charge is 2.43. The molecule has 1 aromatic rings. The number of thiocarbonyl (C=S) groups is 1. The van der Waals surface area contributed by atoms with Crippen molar-refractivity contribution in [1.82, 2.24) is 0 Å². The fraction of sp³-hybridized carbons (Fsp3) is 0.471. The molecule has 0 unspecified atom stereocenters. The Kier molecular flexibility index (Phi) is 4.87. The van der Waals surface area contributed by atoms with Gasteiger partial charge in [-0.3, -0.25) is 0 Å². The third-order valence-electron chi connectivity index (χ3n) is 3.86. The number of ether oxygens (including phenoxy) is 2. The quantitative estimate of drug-likeness (QED) is 0.754. The third-order valence-corrected chi connectivity index (χ3v) is 5.26. The molecule has 0 amide bonds. The van der Waals surface area contributed by atoms with Crippen LogP contribution < -0.4 is 0 Å². The Morgan fingerprint density at radius 1 is 1.26 bits per heavy atom. The number of sulfone groups is 1. The van der Waals surface area contributed by atoms with Crippen LogP contribution >= 0.6 is 12.2 Å². The van der Waals surface area contributed by atoms with E-state index in [0.717, 1.165) is 17.6 Å². The van der Waals surface area contributed by atoms with E-state index in [1.165, 1.54) is 6.26 Å². The van der Waals surface area contributed by atoms with Gasteiger partial charge in [0.1, 0.15) is 5.60 Å². The molecular weight excluding hydrogens is 332 g/mol. The molecule has 0 spiro atoms. The Hall–Kier alpha value is -1.40. The number of hydrogen-bond acceptors (Lipinski definition) is 5. The average molecular weight is 354 g/mol. The lowest BCUT2D eigenvalue weighted by Gasteiger charge is -2.25. The van der Waals surface area contributed by atoms with E-state index in [2.05, 4.69) is 0 Å². The van der Waals surface area contributed by atoms with Gasteiger partial charge in [-0.1, -0.05) is 19.1 Å². The number of rotatable bonds is 5. The van der Waals surface area contributed by atoms with Crippen molar-refractivity contribution < 1.29 is 17.9 Å². The van der Waals surface area contributed by atoms with Crippen LogP contribution in [0.4, 0.5) is 0 Å². The zero-order chi connectivity index (χ0) is 17.4. The molecule has 1 atom stereocenters. The third kappa shape index (κ3) is 3.58. The summed E-state index contributed by atoms with van der Waals surface area (Å²) in [7, 11) is -3.23. The summed E-state index contributed by atoms with van der Waals surface area (Å²) in [6.07, 6.45) is 1.89. The van der Waals surface area contributed by atoms with Gasteiger partial charge in [-0.05, 0) is 57.1 Å². The second kappa shape index (κ2) is 6.24. The first kappa shape index (κ1) is 17.9. The summed E-state index contributed by atoms with van der Waals surface area (Å²) in [5.74, 6) is 0.575. The molecule has 126 valence electrons. The van der Waals surface area contributed by atoms with Gasteiger partial charge in [0.2, 0.25) is 5.05 Å². The molecule has 2 rings (SSSR count). The molecule has 0 bridgehead atoms. The van der Waals surface area contributed by atoms with Gasteiger partial charge in [0.05, 0.1) is 11.0 Å². The van der Waals surface area contributed by atoms with Crippen LogP contribution in [0.5, 0.6) is 0 Å². The van der Waals surface area contributed by atoms with E-state index < -0.39 is 15.4 Å². The van der Waals surface area contributed by atoms with E-state index in [1.54, 1.807) is 24.3 Å². The Morgan fingerprint density at radius 2 is 1.83 bits per heavy atom. The van der Waals surface area contributed by atoms with Gasteiger partial charge in [-0.2, -0.15) is 0 Å². The molecule has 1 aromatic carbocycles. The predicted octanol–water partition coefficient (Wildman–Crippen LogP) is 3.75. The highest BCUT2D eigenvalue weighted by molar-refractivity contribution is 7.90. The van der Waals surface area contributed by atoms with Crippen LogP contribution in [-0.4, -0.2) is 31.4 Å². The van der Waals surface area contributed by atoms with E-state index in [1.807, 2.05) is 27.7 Å². The highest BCUT2D eigenvalue weighted by atomic mass is 32.2. The zero-order valence-electron chi connectivity index (χ0n) is 14.0. The maximum absolute atomic E-state index is 11.6. The lowest BCUT2D eigenvalue weighted by atomic mass is 9.88. The topological polar surface area (TPSA) is 52.6 Å². The van der Waals surface area contributed by atoms with Crippen molar-refractivity contribution in [2.24, 2.45) is 0 Å². The van der Waals surface area contributed by atoms with Crippen LogP contribution in [0.15, 0.2) is 34.9 Å². The summed E-state index contributed by atoms with van der Waals surface area (Å²) in [6, 6.07) is 6.76. The lowest BCUT2D eigenvalue weighted by Crippen LogP contribution is -2.25. The Labute approximate surface area is 143 Å². The molecule has 0 fully saturated rings. The van der Waals surface area contributed by atoms with Crippen molar-refractivity contribution in [3.8, 4) is 0 Å². The molecule has 0 aliphatic carbocycles. The fourth-order valence-electron chi connectivity index (χ4n) is 2.54. The Balaban J connectivity index is 2.58. The molecule has 1 aliphatic rings. The molecule has 0 saturated heterocycles. The first-order chi connectivity index (χ1) is 10.6. The molecule has 6 heteroatoms. The summed E-state index contributed by atoms with van der Waals surface area (Å²) in [4.78, 5) is 0.285. The van der Waals surface area contributed by atoms with E-state index in [-0.39, 0.29) is 11.0 Å². The van der Waals surface area contributed by atoms with E-state index >= 15 is 0 Å². The van der Waals surface area contributed by atoms with Crippen LogP contribution in [0.3, 0.4) is 0 Å². The van der Waals surface area contributed by atoms with Crippen molar-refractivity contribution in [1.29, 1.82) is 0 Å². The second-order valence-corrected chi connectivity index (χ2v) is 8.53. The molecular formula is C17H22O4S2.